The monoisotopic (exact) mass is 396 g/mol. The molecule has 0 radical (unpaired) electrons. The maximum Gasteiger partial charge on any atom is 0.433 e. The highest BCUT2D eigenvalue weighted by molar-refractivity contribution is 5.46. The van der Waals surface area contributed by atoms with Crippen LogP contribution in [-0.2, 0) is 15.7 Å². The predicted octanol–water partition coefficient (Wildman–Crippen LogP) is 1.56. The SMILES string of the molecule is Nc1nc(N2C[C@@H]3OCC(Nc4ccccn4)CO[C@H]3C2)cc(C(F)(F)F)n1. The molecule has 4 rings (SSSR count). The van der Waals surface area contributed by atoms with Crippen molar-refractivity contribution in [3.63, 3.8) is 0 Å². The van der Waals surface area contributed by atoms with Gasteiger partial charge in [-0.05, 0) is 12.1 Å². The molecule has 0 aromatic carbocycles. The fourth-order valence-corrected chi connectivity index (χ4v) is 3.28. The summed E-state index contributed by atoms with van der Waals surface area (Å²) >= 11 is 0. The van der Waals surface area contributed by atoms with Crippen LogP contribution < -0.4 is 16.0 Å². The number of hydrogen-bond donors (Lipinski definition) is 2. The summed E-state index contributed by atoms with van der Waals surface area (Å²) in [5.74, 6) is 0.422. The first-order valence-electron chi connectivity index (χ1n) is 8.76. The fourth-order valence-electron chi connectivity index (χ4n) is 3.28. The number of aromatic nitrogens is 3. The van der Waals surface area contributed by atoms with Gasteiger partial charge in [0, 0.05) is 25.4 Å². The molecule has 2 aliphatic heterocycles. The number of fused-ring (bicyclic) bond motifs is 1. The Hall–Kier alpha value is -2.66. The quantitative estimate of drug-likeness (QED) is 0.807. The van der Waals surface area contributed by atoms with E-state index in [1.54, 1.807) is 11.1 Å². The summed E-state index contributed by atoms with van der Waals surface area (Å²) in [6.45, 7) is 1.50. The topological polar surface area (TPSA) is 98.4 Å². The highest BCUT2D eigenvalue weighted by atomic mass is 19.4. The molecule has 0 aliphatic carbocycles. The fraction of sp³-hybridized carbons (Fsp3) is 0.471. The first-order chi connectivity index (χ1) is 13.4. The standard InChI is InChI=1S/C17H19F3N6O2/c18-17(19,20)13-5-15(25-16(21)24-13)26-6-11-12(7-26)28-9-10(8-27-11)23-14-3-1-2-4-22-14/h1-5,10-12H,6-9H2,(H,22,23)(H2,21,24,25)/t11-,12-/m0/s1. The van der Waals surface area contributed by atoms with Gasteiger partial charge in [0.2, 0.25) is 5.95 Å². The van der Waals surface area contributed by atoms with E-state index >= 15 is 0 Å². The lowest BCUT2D eigenvalue weighted by Gasteiger charge is -2.21. The lowest BCUT2D eigenvalue weighted by molar-refractivity contribution is -0.141. The maximum atomic E-state index is 13.0. The molecule has 0 saturated carbocycles. The summed E-state index contributed by atoms with van der Waals surface area (Å²) in [4.78, 5) is 13.1. The molecular formula is C17H19F3N6O2. The van der Waals surface area contributed by atoms with Crippen molar-refractivity contribution in [2.75, 3.05) is 42.3 Å². The maximum absolute atomic E-state index is 13.0. The van der Waals surface area contributed by atoms with Gasteiger partial charge in [-0.2, -0.15) is 18.2 Å². The molecule has 0 bridgehead atoms. The predicted molar refractivity (Wildman–Crippen MR) is 94.8 cm³/mol. The average Bonchev–Trinajstić information content (AvgIpc) is 2.98. The number of ether oxygens (including phenoxy) is 2. The van der Waals surface area contributed by atoms with Crippen LogP contribution in [-0.4, -0.2) is 59.5 Å². The second-order valence-electron chi connectivity index (χ2n) is 6.67. The first kappa shape index (κ1) is 18.7. The van der Waals surface area contributed by atoms with Gasteiger partial charge >= 0.3 is 6.18 Å². The summed E-state index contributed by atoms with van der Waals surface area (Å²) in [5, 5.41) is 3.25. The molecule has 8 nitrogen and oxygen atoms in total. The highest BCUT2D eigenvalue weighted by Crippen LogP contribution is 2.32. The van der Waals surface area contributed by atoms with E-state index in [1.807, 2.05) is 18.2 Å². The normalized spacial score (nSPS) is 23.3. The lowest BCUT2D eigenvalue weighted by Crippen LogP contribution is -2.31. The molecule has 0 unspecified atom stereocenters. The van der Waals surface area contributed by atoms with Gasteiger partial charge in [-0.1, -0.05) is 6.07 Å². The van der Waals surface area contributed by atoms with Gasteiger partial charge in [-0.25, -0.2) is 9.97 Å². The van der Waals surface area contributed by atoms with Gasteiger partial charge in [0.25, 0.3) is 0 Å². The van der Waals surface area contributed by atoms with Crippen LogP contribution in [0.15, 0.2) is 30.5 Å². The van der Waals surface area contributed by atoms with Gasteiger partial charge < -0.3 is 25.4 Å². The molecule has 2 fully saturated rings. The molecule has 11 heteroatoms. The molecule has 150 valence electrons. The summed E-state index contributed by atoms with van der Waals surface area (Å²) in [5.41, 5.74) is 4.40. The van der Waals surface area contributed by atoms with E-state index < -0.39 is 17.8 Å². The number of nitrogens with zero attached hydrogens (tertiary/aromatic N) is 4. The van der Waals surface area contributed by atoms with Crippen molar-refractivity contribution in [3.8, 4) is 0 Å². The van der Waals surface area contributed by atoms with Crippen molar-refractivity contribution in [2.45, 2.75) is 24.4 Å². The Bertz CT molecular complexity index is 806. The number of nitrogen functional groups attached to an aromatic ring is 1. The van der Waals surface area contributed by atoms with Gasteiger partial charge in [-0.15, -0.1) is 0 Å². The minimum Gasteiger partial charge on any atom is -0.371 e. The van der Waals surface area contributed by atoms with E-state index in [1.165, 1.54) is 0 Å². The lowest BCUT2D eigenvalue weighted by atomic mass is 10.3. The molecule has 0 spiro atoms. The Kier molecular flexibility index (Phi) is 4.94. The minimum atomic E-state index is -4.59. The number of nitrogens with two attached hydrogens (primary N) is 1. The number of rotatable bonds is 3. The zero-order chi connectivity index (χ0) is 19.7. The van der Waals surface area contributed by atoms with Gasteiger partial charge in [0.05, 0.1) is 19.3 Å². The largest absolute Gasteiger partial charge is 0.433 e. The summed E-state index contributed by atoms with van der Waals surface area (Å²) in [7, 11) is 0. The van der Waals surface area contributed by atoms with E-state index in [0.29, 0.717) is 26.3 Å². The third-order valence-electron chi connectivity index (χ3n) is 4.60. The second-order valence-corrected chi connectivity index (χ2v) is 6.67. The van der Waals surface area contributed by atoms with E-state index in [4.69, 9.17) is 15.2 Å². The number of alkyl halides is 3. The number of anilines is 3. The van der Waals surface area contributed by atoms with E-state index in [2.05, 4.69) is 20.3 Å². The third-order valence-corrected chi connectivity index (χ3v) is 4.60. The smallest absolute Gasteiger partial charge is 0.371 e. The molecule has 0 amide bonds. The number of hydrogen-bond acceptors (Lipinski definition) is 8. The Morgan fingerprint density at radius 2 is 1.82 bits per heavy atom. The van der Waals surface area contributed by atoms with Gasteiger partial charge in [0.1, 0.15) is 23.8 Å². The molecule has 2 aromatic rings. The minimum absolute atomic E-state index is 0.0690. The van der Waals surface area contributed by atoms with E-state index in [9.17, 15) is 13.2 Å². The van der Waals surface area contributed by atoms with Crippen LogP contribution >= 0.6 is 0 Å². The Balaban J connectivity index is 1.41. The van der Waals surface area contributed by atoms with Gasteiger partial charge in [-0.3, -0.25) is 0 Å². The van der Waals surface area contributed by atoms with Crippen LogP contribution in [0, 0.1) is 0 Å². The summed E-state index contributed by atoms with van der Waals surface area (Å²) < 4.78 is 50.8. The Labute approximate surface area is 158 Å². The molecule has 2 saturated heterocycles. The highest BCUT2D eigenvalue weighted by Gasteiger charge is 2.40. The van der Waals surface area contributed by atoms with E-state index in [0.717, 1.165) is 11.9 Å². The second kappa shape index (κ2) is 7.40. The number of pyridine rings is 1. The van der Waals surface area contributed by atoms with Crippen molar-refractivity contribution < 1.29 is 22.6 Å². The van der Waals surface area contributed by atoms with Crippen LogP contribution in [0.2, 0.25) is 0 Å². The van der Waals surface area contributed by atoms with Crippen LogP contribution in [0.4, 0.5) is 30.8 Å². The Morgan fingerprint density at radius 3 is 2.43 bits per heavy atom. The number of halogens is 3. The van der Waals surface area contributed by atoms with Crippen LogP contribution in [0.3, 0.4) is 0 Å². The van der Waals surface area contributed by atoms with Crippen molar-refractivity contribution in [2.24, 2.45) is 0 Å². The molecular weight excluding hydrogens is 377 g/mol. The van der Waals surface area contributed by atoms with Crippen molar-refractivity contribution in [1.29, 1.82) is 0 Å². The number of nitrogens with one attached hydrogen (secondary N) is 1. The van der Waals surface area contributed by atoms with Crippen molar-refractivity contribution in [3.05, 3.63) is 36.2 Å². The molecule has 2 aliphatic rings. The third kappa shape index (κ3) is 4.09. The Morgan fingerprint density at radius 1 is 1.11 bits per heavy atom. The zero-order valence-electron chi connectivity index (χ0n) is 14.8. The molecule has 2 atom stereocenters. The van der Waals surface area contributed by atoms with Crippen molar-refractivity contribution in [1.82, 2.24) is 15.0 Å². The van der Waals surface area contributed by atoms with Crippen LogP contribution in [0.25, 0.3) is 0 Å². The average molecular weight is 396 g/mol. The van der Waals surface area contributed by atoms with Gasteiger partial charge in [0.15, 0.2) is 5.69 Å². The molecule has 3 N–H and O–H groups in total. The first-order valence-corrected chi connectivity index (χ1v) is 8.76. The summed E-state index contributed by atoms with van der Waals surface area (Å²) in [6, 6.07) is 6.38. The van der Waals surface area contributed by atoms with Crippen molar-refractivity contribution >= 4 is 17.6 Å². The molecule has 4 heterocycles. The van der Waals surface area contributed by atoms with Crippen LogP contribution in [0.1, 0.15) is 5.69 Å². The summed E-state index contributed by atoms with van der Waals surface area (Å²) in [6.07, 6.45) is -3.45. The molecule has 2 aromatic heterocycles. The van der Waals surface area contributed by atoms with Crippen LogP contribution in [0.5, 0.6) is 0 Å². The van der Waals surface area contributed by atoms with E-state index in [-0.39, 0.29) is 24.1 Å². The molecule has 28 heavy (non-hydrogen) atoms. The zero-order valence-corrected chi connectivity index (χ0v) is 14.8.